The Morgan fingerprint density at radius 1 is 1.14 bits per heavy atom. The number of fused-ring (bicyclic) bond motifs is 1. The van der Waals surface area contributed by atoms with Crippen LogP contribution in [-0.4, -0.2) is 51.4 Å². The first-order chi connectivity index (χ1) is 13.5. The van der Waals surface area contributed by atoms with Crippen molar-refractivity contribution < 1.29 is 15.0 Å². The second-order valence-electron chi connectivity index (χ2n) is 7.88. The van der Waals surface area contributed by atoms with Crippen LogP contribution in [0.5, 0.6) is 0 Å². The maximum absolute atomic E-state index is 13.3. The normalized spacial score (nSPS) is 22.5. The SMILES string of the molecule is Cn1cc(C(=O)N2CC[C@@H](O)[C@@](CO)(Cc3ccccc3)C2)c2ccccc21. The number of aryl methyl sites for hydroxylation is 1. The summed E-state index contributed by atoms with van der Waals surface area (Å²) in [5.74, 6) is -0.0467. The van der Waals surface area contributed by atoms with Gasteiger partial charge in [0.1, 0.15) is 0 Å². The van der Waals surface area contributed by atoms with Crippen molar-refractivity contribution in [2.24, 2.45) is 12.5 Å². The Hall–Kier alpha value is -2.63. The van der Waals surface area contributed by atoms with Gasteiger partial charge in [0, 0.05) is 42.7 Å². The summed E-state index contributed by atoms with van der Waals surface area (Å²) in [6.07, 6.45) is 2.22. The lowest BCUT2D eigenvalue weighted by atomic mass is 9.73. The Kier molecular flexibility index (Phi) is 4.96. The number of amides is 1. The third kappa shape index (κ3) is 3.21. The first-order valence-electron chi connectivity index (χ1n) is 9.70. The molecule has 1 aliphatic rings. The molecule has 5 nitrogen and oxygen atoms in total. The van der Waals surface area contributed by atoms with E-state index < -0.39 is 11.5 Å². The molecule has 2 aromatic carbocycles. The van der Waals surface area contributed by atoms with Crippen LogP contribution in [0.15, 0.2) is 60.8 Å². The zero-order chi connectivity index (χ0) is 19.7. The zero-order valence-electron chi connectivity index (χ0n) is 16.1. The topological polar surface area (TPSA) is 65.7 Å². The van der Waals surface area contributed by atoms with Crippen LogP contribution in [0, 0.1) is 5.41 Å². The number of likely N-dealkylation sites (tertiary alicyclic amines) is 1. The first-order valence-corrected chi connectivity index (χ1v) is 9.70. The monoisotopic (exact) mass is 378 g/mol. The molecule has 1 aliphatic heterocycles. The highest BCUT2D eigenvalue weighted by Crippen LogP contribution is 2.35. The molecule has 0 spiro atoms. The molecule has 1 fully saturated rings. The number of nitrogens with zero attached hydrogens (tertiary/aromatic N) is 2. The van der Waals surface area contributed by atoms with Crippen molar-refractivity contribution in [2.45, 2.75) is 18.9 Å². The molecule has 0 unspecified atom stereocenters. The van der Waals surface area contributed by atoms with Crippen LogP contribution >= 0.6 is 0 Å². The maximum Gasteiger partial charge on any atom is 0.256 e. The molecule has 0 saturated carbocycles. The van der Waals surface area contributed by atoms with Crippen LogP contribution < -0.4 is 0 Å². The summed E-state index contributed by atoms with van der Waals surface area (Å²) in [7, 11) is 1.94. The summed E-state index contributed by atoms with van der Waals surface area (Å²) in [5.41, 5.74) is 1.98. The molecule has 3 aromatic rings. The van der Waals surface area contributed by atoms with Crippen LogP contribution in [0.4, 0.5) is 0 Å². The van der Waals surface area contributed by atoms with E-state index in [4.69, 9.17) is 0 Å². The smallest absolute Gasteiger partial charge is 0.256 e. The summed E-state index contributed by atoms with van der Waals surface area (Å²) in [6, 6.07) is 17.7. The molecule has 146 valence electrons. The van der Waals surface area contributed by atoms with Gasteiger partial charge in [0.05, 0.1) is 18.3 Å². The highest BCUT2D eigenvalue weighted by molar-refractivity contribution is 6.07. The van der Waals surface area contributed by atoms with E-state index in [0.29, 0.717) is 31.5 Å². The Balaban J connectivity index is 1.64. The summed E-state index contributed by atoms with van der Waals surface area (Å²) < 4.78 is 1.96. The first kappa shape index (κ1) is 18.7. The second-order valence-corrected chi connectivity index (χ2v) is 7.88. The number of benzene rings is 2. The molecular weight excluding hydrogens is 352 g/mol. The van der Waals surface area contributed by atoms with Gasteiger partial charge < -0.3 is 19.7 Å². The lowest BCUT2D eigenvalue weighted by Gasteiger charge is -2.45. The van der Waals surface area contributed by atoms with E-state index in [2.05, 4.69) is 0 Å². The van der Waals surface area contributed by atoms with Crippen molar-refractivity contribution in [3.05, 3.63) is 71.9 Å². The Labute approximate surface area is 164 Å². The number of piperidine rings is 1. The van der Waals surface area contributed by atoms with Gasteiger partial charge in [-0.05, 0) is 24.5 Å². The van der Waals surface area contributed by atoms with Crippen molar-refractivity contribution >= 4 is 16.8 Å². The molecule has 28 heavy (non-hydrogen) atoms. The van der Waals surface area contributed by atoms with Crippen molar-refractivity contribution in [3.8, 4) is 0 Å². The number of rotatable bonds is 4. The van der Waals surface area contributed by atoms with Gasteiger partial charge in [-0.3, -0.25) is 4.79 Å². The van der Waals surface area contributed by atoms with Gasteiger partial charge in [0.15, 0.2) is 0 Å². The predicted molar refractivity (Wildman–Crippen MR) is 109 cm³/mol. The fourth-order valence-electron chi connectivity index (χ4n) is 4.39. The summed E-state index contributed by atoms with van der Waals surface area (Å²) in [5, 5.41) is 21.9. The van der Waals surface area contributed by atoms with Crippen LogP contribution in [-0.2, 0) is 13.5 Å². The number of carbonyl (C=O) groups excluding carboxylic acids is 1. The summed E-state index contributed by atoms with van der Waals surface area (Å²) in [4.78, 5) is 15.1. The van der Waals surface area contributed by atoms with E-state index in [0.717, 1.165) is 16.5 Å². The molecule has 5 heteroatoms. The van der Waals surface area contributed by atoms with Gasteiger partial charge in [-0.15, -0.1) is 0 Å². The van der Waals surface area contributed by atoms with Gasteiger partial charge in [-0.25, -0.2) is 0 Å². The lowest BCUT2D eigenvalue weighted by molar-refractivity contribution is -0.0668. The molecule has 2 N–H and O–H groups in total. The van der Waals surface area contributed by atoms with Crippen LogP contribution in [0.1, 0.15) is 22.3 Å². The summed E-state index contributed by atoms with van der Waals surface area (Å²) >= 11 is 0. The molecular formula is C23H26N2O3. The number of aliphatic hydroxyl groups is 2. The van der Waals surface area contributed by atoms with E-state index in [1.54, 1.807) is 4.90 Å². The molecule has 0 bridgehead atoms. The average Bonchev–Trinajstić information content (AvgIpc) is 3.07. The molecule has 1 amide bonds. The number of aromatic nitrogens is 1. The molecule has 4 rings (SSSR count). The quantitative estimate of drug-likeness (QED) is 0.733. The fraction of sp³-hybridized carbons (Fsp3) is 0.348. The second kappa shape index (κ2) is 7.41. The average molecular weight is 378 g/mol. The molecule has 2 heterocycles. The lowest BCUT2D eigenvalue weighted by Crippen LogP contribution is -2.56. The Bertz CT molecular complexity index is 982. The van der Waals surface area contributed by atoms with E-state index in [-0.39, 0.29) is 12.5 Å². The fourth-order valence-corrected chi connectivity index (χ4v) is 4.39. The van der Waals surface area contributed by atoms with Gasteiger partial charge in [0.25, 0.3) is 5.91 Å². The molecule has 0 radical (unpaired) electrons. The van der Waals surface area contributed by atoms with Crippen molar-refractivity contribution in [1.82, 2.24) is 9.47 Å². The van der Waals surface area contributed by atoms with Crippen molar-refractivity contribution in [1.29, 1.82) is 0 Å². The minimum atomic E-state index is -0.750. The van der Waals surface area contributed by atoms with Gasteiger partial charge >= 0.3 is 0 Å². The molecule has 1 aromatic heterocycles. The highest BCUT2D eigenvalue weighted by atomic mass is 16.3. The third-order valence-electron chi connectivity index (χ3n) is 6.01. The minimum Gasteiger partial charge on any atom is -0.396 e. The largest absolute Gasteiger partial charge is 0.396 e. The molecule has 0 aliphatic carbocycles. The Morgan fingerprint density at radius 2 is 1.86 bits per heavy atom. The number of para-hydroxylation sites is 1. The van der Waals surface area contributed by atoms with E-state index in [1.807, 2.05) is 72.4 Å². The van der Waals surface area contributed by atoms with Crippen LogP contribution in [0.2, 0.25) is 0 Å². The van der Waals surface area contributed by atoms with E-state index >= 15 is 0 Å². The highest BCUT2D eigenvalue weighted by Gasteiger charge is 2.44. The standard InChI is InChI=1S/C23H26N2O3/c1-24-14-19(18-9-5-6-10-20(18)24)22(28)25-12-11-21(27)23(15-25,16-26)13-17-7-3-2-4-8-17/h2-10,14,21,26-27H,11-13,15-16H2,1H3/t21-,23+/m1/s1. The van der Waals surface area contributed by atoms with Crippen LogP contribution in [0.25, 0.3) is 10.9 Å². The predicted octanol–water partition coefficient (Wildman–Crippen LogP) is 2.61. The number of carbonyl (C=O) groups is 1. The summed E-state index contributed by atoms with van der Waals surface area (Å²) in [6.45, 7) is 0.657. The molecule has 2 atom stereocenters. The number of hydrogen-bond acceptors (Lipinski definition) is 3. The van der Waals surface area contributed by atoms with Gasteiger partial charge in [-0.2, -0.15) is 0 Å². The minimum absolute atomic E-state index is 0.0467. The third-order valence-corrected chi connectivity index (χ3v) is 6.01. The van der Waals surface area contributed by atoms with E-state index in [1.165, 1.54) is 0 Å². The zero-order valence-corrected chi connectivity index (χ0v) is 16.1. The van der Waals surface area contributed by atoms with Gasteiger partial charge in [-0.1, -0.05) is 48.5 Å². The van der Waals surface area contributed by atoms with Crippen molar-refractivity contribution in [3.63, 3.8) is 0 Å². The van der Waals surface area contributed by atoms with Gasteiger partial charge in [0.2, 0.25) is 0 Å². The maximum atomic E-state index is 13.3. The number of hydrogen-bond donors (Lipinski definition) is 2. The van der Waals surface area contributed by atoms with E-state index in [9.17, 15) is 15.0 Å². The molecule has 1 saturated heterocycles. The number of aliphatic hydroxyl groups excluding tert-OH is 2. The Morgan fingerprint density at radius 3 is 2.61 bits per heavy atom. The van der Waals surface area contributed by atoms with Crippen LogP contribution in [0.3, 0.4) is 0 Å². The van der Waals surface area contributed by atoms with Crippen molar-refractivity contribution in [2.75, 3.05) is 19.7 Å².